The topological polar surface area (TPSA) is 67.2 Å². The molecule has 3 aromatic carbocycles. The van der Waals surface area contributed by atoms with Crippen molar-refractivity contribution in [2.75, 3.05) is 38.5 Å². The average Bonchev–Trinajstić information content (AvgIpc) is 3.32. The number of hydrogen-bond acceptors (Lipinski definition) is 6. The molecular weight excluding hydrogens is 540 g/mol. The summed E-state index contributed by atoms with van der Waals surface area (Å²) in [5.41, 5.74) is 6.47. The molecule has 42 heavy (non-hydrogen) atoms. The Balaban J connectivity index is 1.01. The predicted molar refractivity (Wildman–Crippen MR) is 172 cm³/mol. The number of piperazine rings is 1. The SMILES string of the molecule is Cc1cccc(Cn2c3ccccc3c3nnc(SCCCC(=O)N4CCN(C/C=C/c5ccccc5)CC4)nc32)c1. The van der Waals surface area contributed by atoms with Crippen LogP contribution < -0.4 is 0 Å². The van der Waals surface area contributed by atoms with Gasteiger partial charge in [0.1, 0.15) is 5.52 Å². The molecule has 6 rings (SSSR count). The lowest BCUT2D eigenvalue weighted by Crippen LogP contribution is -2.48. The summed E-state index contributed by atoms with van der Waals surface area (Å²) in [6, 6.07) is 27.2. The Kier molecular flexibility index (Phi) is 8.92. The van der Waals surface area contributed by atoms with Gasteiger partial charge in [0.15, 0.2) is 5.65 Å². The Bertz CT molecular complexity index is 1690. The van der Waals surface area contributed by atoms with Gasteiger partial charge >= 0.3 is 0 Å². The maximum Gasteiger partial charge on any atom is 0.222 e. The van der Waals surface area contributed by atoms with E-state index in [1.165, 1.54) is 16.7 Å². The van der Waals surface area contributed by atoms with Crippen LogP contribution in [0.3, 0.4) is 0 Å². The zero-order valence-corrected chi connectivity index (χ0v) is 24.8. The van der Waals surface area contributed by atoms with Gasteiger partial charge in [0, 0.05) is 56.8 Å². The zero-order valence-electron chi connectivity index (χ0n) is 24.0. The van der Waals surface area contributed by atoms with Gasteiger partial charge in [-0.2, -0.15) is 0 Å². The van der Waals surface area contributed by atoms with Crippen molar-refractivity contribution in [1.29, 1.82) is 0 Å². The van der Waals surface area contributed by atoms with Crippen molar-refractivity contribution in [2.45, 2.75) is 31.5 Å². The largest absolute Gasteiger partial charge is 0.340 e. The van der Waals surface area contributed by atoms with Crippen LogP contribution >= 0.6 is 11.8 Å². The third-order valence-electron chi connectivity index (χ3n) is 7.74. The monoisotopic (exact) mass is 576 g/mol. The van der Waals surface area contributed by atoms with E-state index in [1.807, 2.05) is 17.0 Å². The second-order valence-electron chi connectivity index (χ2n) is 10.8. The Morgan fingerprint density at radius 2 is 1.74 bits per heavy atom. The van der Waals surface area contributed by atoms with Crippen LogP contribution in [0.25, 0.3) is 28.1 Å². The van der Waals surface area contributed by atoms with Gasteiger partial charge in [0.25, 0.3) is 0 Å². The number of carbonyl (C=O) groups is 1. The van der Waals surface area contributed by atoms with E-state index in [0.29, 0.717) is 11.6 Å². The van der Waals surface area contributed by atoms with Crippen molar-refractivity contribution in [1.82, 2.24) is 29.5 Å². The maximum atomic E-state index is 12.9. The number of aryl methyl sites for hydroxylation is 1. The molecule has 1 amide bonds. The van der Waals surface area contributed by atoms with E-state index in [-0.39, 0.29) is 5.91 Å². The fourth-order valence-electron chi connectivity index (χ4n) is 5.53. The molecular formula is C34H36N6OS. The number of benzene rings is 3. The van der Waals surface area contributed by atoms with E-state index >= 15 is 0 Å². The molecule has 1 fully saturated rings. The summed E-state index contributed by atoms with van der Waals surface area (Å²) in [7, 11) is 0. The van der Waals surface area contributed by atoms with E-state index in [4.69, 9.17) is 4.98 Å². The molecule has 0 radical (unpaired) electrons. The Morgan fingerprint density at radius 3 is 2.57 bits per heavy atom. The third-order valence-corrected chi connectivity index (χ3v) is 8.67. The van der Waals surface area contributed by atoms with Gasteiger partial charge in [0.05, 0.1) is 5.52 Å². The lowest BCUT2D eigenvalue weighted by Gasteiger charge is -2.34. The number of para-hydroxylation sites is 1. The fourth-order valence-corrected chi connectivity index (χ4v) is 6.25. The molecule has 3 heterocycles. The zero-order chi connectivity index (χ0) is 28.7. The van der Waals surface area contributed by atoms with E-state index in [9.17, 15) is 4.79 Å². The number of carbonyl (C=O) groups excluding carboxylic acids is 1. The Morgan fingerprint density at radius 1 is 0.929 bits per heavy atom. The first-order valence-corrected chi connectivity index (χ1v) is 15.6. The van der Waals surface area contributed by atoms with E-state index in [1.54, 1.807) is 11.8 Å². The van der Waals surface area contributed by atoms with Crippen molar-refractivity contribution in [3.63, 3.8) is 0 Å². The first-order chi connectivity index (χ1) is 20.6. The van der Waals surface area contributed by atoms with Crippen LogP contribution in [-0.2, 0) is 11.3 Å². The van der Waals surface area contributed by atoms with Crippen LogP contribution in [0.2, 0.25) is 0 Å². The van der Waals surface area contributed by atoms with Crippen LogP contribution in [0.15, 0.2) is 90.1 Å². The lowest BCUT2D eigenvalue weighted by atomic mass is 10.1. The molecule has 8 heteroatoms. The minimum absolute atomic E-state index is 0.239. The summed E-state index contributed by atoms with van der Waals surface area (Å²) in [4.78, 5) is 22.2. The highest BCUT2D eigenvalue weighted by Crippen LogP contribution is 2.28. The van der Waals surface area contributed by atoms with Crippen molar-refractivity contribution in [3.8, 4) is 0 Å². The van der Waals surface area contributed by atoms with Crippen molar-refractivity contribution in [2.24, 2.45) is 0 Å². The number of thioether (sulfide) groups is 1. The molecule has 0 N–H and O–H groups in total. The molecule has 214 valence electrons. The van der Waals surface area contributed by atoms with Gasteiger partial charge in [-0.3, -0.25) is 9.69 Å². The van der Waals surface area contributed by atoms with Gasteiger partial charge in [-0.15, -0.1) is 10.2 Å². The van der Waals surface area contributed by atoms with Crippen LogP contribution in [-0.4, -0.2) is 73.9 Å². The second-order valence-corrected chi connectivity index (χ2v) is 11.9. The van der Waals surface area contributed by atoms with E-state index < -0.39 is 0 Å². The van der Waals surface area contributed by atoms with Crippen molar-refractivity contribution < 1.29 is 4.79 Å². The first kappa shape index (κ1) is 28.1. The van der Waals surface area contributed by atoms with Crippen LogP contribution in [0, 0.1) is 6.92 Å². The summed E-state index contributed by atoms with van der Waals surface area (Å²) in [5, 5.41) is 10.7. The Labute approximate surface area is 251 Å². The number of amides is 1. The molecule has 7 nitrogen and oxygen atoms in total. The quantitative estimate of drug-likeness (QED) is 0.149. The molecule has 0 bridgehead atoms. The highest BCUT2D eigenvalue weighted by Gasteiger charge is 2.20. The second kappa shape index (κ2) is 13.3. The van der Waals surface area contributed by atoms with Gasteiger partial charge in [-0.25, -0.2) is 4.98 Å². The highest BCUT2D eigenvalue weighted by atomic mass is 32.2. The Hall–Kier alpha value is -4.01. The number of fused-ring (bicyclic) bond motifs is 3. The standard InChI is InChI=1S/C34H36N6OS/c1-26-10-7-13-28(24-26)25-40-30-16-6-5-15-29(30)32-33(40)35-34(37-36-32)42-23-9-17-31(41)39-21-19-38(20-22-39)18-8-14-27-11-3-2-4-12-27/h2-8,10-16,24H,9,17-23,25H2,1H3/b14-8+. The van der Waals surface area contributed by atoms with Crippen molar-refractivity contribution >= 4 is 45.8 Å². The van der Waals surface area contributed by atoms with Gasteiger partial charge in [-0.1, -0.05) is 102 Å². The van der Waals surface area contributed by atoms with Gasteiger partial charge in [-0.05, 0) is 30.5 Å². The van der Waals surface area contributed by atoms with Crippen LogP contribution in [0.4, 0.5) is 0 Å². The summed E-state index contributed by atoms with van der Waals surface area (Å²) in [6.07, 6.45) is 5.71. The smallest absolute Gasteiger partial charge is 0.222 e. The minimum atomic E-state index is 0.239. The van der Waals surface area contributed by atoms with Crippen LogP contribution in [0.1, 0.15) is 29.5 Å². The molecule has 0 saturated carbocycles. The predicted octanol–water partition coefficient (Wildman–Crippen LogP) is 6.07. The summed E-state index contributed by atoms with van der Waals surface area (Å²) in [6.45, 7) is 7.16. The first-order valence-electron chi connectivity index (χ1n) is 14.7. The normalized spacial score (nSPS) is 14.4. The molecule has 5 aromatic rings. The molecule has 2 aromatic heterocycles. The van der Waals surface area contributed by atoms with Gasteiger partial charge < -0.3 is 9.47 Å². The molecule has 1 aliphatic heterocycles. The molecule has 0 unspecified atom stereocenters. The molecule has 1 saturated heterocycles. The van der Waals surface area contributed by atoms with Gasteiger partial charge in [0.2, 0.25) is 11.1 Å². The average molecular weight is 577 g/mol. The van der Waals surface area contributed by atoms with Crippen LogP contribution in [0.5, 0.6) is 0 Å². The molecule has 0 spiro atoms. The molecule has 0 atom stereocenters. The van der Waals surface area contributed by atoms with E-state index in [0.717, 1.165) is 73.5 Å². The minimum Gasteiger partial charge on any atom is -0.340 e. The molecule has 0 aliphatic carbocycles. The summed E-state index contributed by atoms with van der Waals surface area (Å²) in [5.74, 6) is 1.02. The summed E-state index contributed by atoms with van der Waals surface area (Å²) < 4.78 is 2.23. The number of nitrogens with zero attached hydrogens (tertiary/aromatic N) is 6. The third kappa shape index (κ3) is 6.72. The fraction of sp³-hybridized carbons (Fsp3) is 0.294. The van der Waals surface area contributed by atoms with Crippen molar-refractivity contribution in [3.05, 3.63) is 102 Å². The number of hydrogen-bond donors (Lipinski definition) is 0. The number of aromatic nitrogens is 4. The highest BCUT2D eigenvalue weighted by molar-refractivity contribution is 7.99. The lowest BCUT2D eigenvalue weighted by molar-refractivity contribution is -0.132. The maximum absolute atomic E-state index is 12.9. The summed E-state index contributed by atoms with van der Waals surface area (Å²) >= 11 is 1.57. The molecule has 1 aliphatic rings. The number of rotatable bonds is 10. The van der Waals surface area contributed by atoms with E-state index in [2.05, 4.69) is 105 Å².